The summed E-state index contributed by atoms with van der Waals surface area (Å²) < 4.78 is 6.76. The summed E-state index contributed by atoms with van der Waals surface area (Å²) in [5, 5.41) is 8.23. The Kier molecular flexibility index (Phi) is 4.14. The highest BCUT2D eigenvalue weighted by Crippen LogP contribution is 2.21. The molecule has 1 saturated heterocycles. The Balaban J connectivity index is 1.69. The Bertz CT molecular complexity index is 569. The van der Waals surface area contributed by atoms with Gasteiger partial charge in [-0.05, 0) is 43.7 Å². The van der Waals surface area contributed by atoms with Gasteiger partial charge in [-0.15, -0.1) is 10.2 Å². The van der Waals surface area contributed by atoms with Crippen molar-refractivity contribution >= 4 is 15.9 Å². The van der Waals surface area contributed by atoms with Crippen LogP contribution in [0.2, 0.25) is 0 Å². The van der Waals surface area contributed by atoms with Crippen LogP contribution in [0.4, 0.5) is 0 Å². The summed E-state index contributed by atoms with van der Waals surface area (Å²) >= 11 is 3.41. The van der Waals surface area contributed by atoms with Crippen LogP contribution in [-0.2, 0) is 6.54 Å². The zero-order valence-electron chi connectivity index (χ0n) is 11.1. The maximum Gasteiger partial charge on any atom is 0.247 e. The van der Waals surface area contributed by atoms with Crippen molar-refractivity contribution in [2.75, 3.05) is 13.1 Å². The van der Waals surface area contributed by atoms with E-state index in [1.807, 2.05) is 24.3 Å². The number of rotatable bonds is 3. The normalized spacial score (nSPS) is 20.2. The van der Waals surface area contributed by atoms with E-state index in [0.717, 1.165) is 36.0 Å². The summed E-state index contributed by atoms with van der Waals surface area (Å²) in [5.74, 6) is 1.21. The molecule has 1 atom stereocenters. The van der Waals surface area contributed by atoms with E-state index in [4.69, 9.17) is 10.2 Å². The van der Waals surface area contributed by atoms with Crippen molar-refractivity contribution in [2.45, 2.75) is 25.4 Å². The van der Waals surface area contributed by atoms with E-state index in [0.29, 0.717) is 18.3 Å². The predicted octanol–water partition coefficient (Wildman–Crippen LogP) is 2.42. The maximum atomic E-state index is 5.98. The fraction of sp³-hybridized carbons (Fsp3) is 0.429. The number of halogens is 1. The molecule has 1 aromatic heterocycles. The molecule has 2 N–H and O–H groups in total. The molecular weight excluding hydrogens is 320 g/mol. The SMILES string of the molecule is N[C@@H]1CCCN(Cc2nnc(-c3ccc(Br)cc3)o2)C1. The van der Waals surface area contributed by atoms with Gasteiger partial charge in [-0.1, -0.05) is 15.9 Å². The molecule has 0 amide bonds. The second-order valence-corrected chi connectivity index (χ2v) is 6.06. The van der Waals surface area contributed by atoms with Crippen molar-refractivity contribution in [3.63, 3.8) is 0 Å². The van der Waals surface area contributed by atoms with Gasteiger partial charge < -0.3 is 10.2 Å². The average Bonchev–Trinajstić information content (AvgIpc) is 2.88. The number of likely N-dealkylation sites (tertiary alicyclic amines) is 1. The Morgan fingerprint density at radius 3 is 2.85 bits per heavy atom. The summed E-state index contributed by atoms with van der Waals surface area (Å²) in [6.45, 7) is 2.62. The van der Waals surface area contributed by atoms with Gasteiger partial charge in [-0.2, -0.15) is 0 Å². The van der Waals surface area contributed by atoms with Crippen molar-refractivity contribution in [2.24, 2.45) is 5.73 Å². The average molecular weight is 337 g/mol. The molecule has 20 heavy (non-hydrogen) atoms. The first-order valence-corrected chi connectivity index (χ1v) is 7.56. The topological polar surface area (TPSA) is 68.2 Å². The lowest BCUT2D eigenvalue weighted by Crippen LogP contribution is -2.42. The molecule has 1 aliphatic heterocycles. The minimum Gasteiger partial charge on any atom is -0.419 e. The highest BCUT2D eigenvalue weighted by molar-refractivity contribution is 9.10. The first kappa shape index (κ1) is 13.7. The van der Waals surface area contributed by atoms with Gasteiger partial charge in [0.2, 0.25) is 11.8 Å². The second kappa shape index (κ2) is 6.03. The van der Waals surface area contributed by atoms with Crippen molar-refractivity contribution < 1.29 is 4.42 Å². The van der Waals surface area contributed by atoms with Gasteiger partial charge >= 0.3 is 0 Å². The third-order valence-electron chi connectivity index (χ3n) is 3.46. The van der Waals surface area contributed by atoms with Crippen LogP contribution in [0.15, 0.2) is 33.2 Å². The third-order valence-corrected chi connectivity index (χ3v) is 3.99. The van der Waals surface area contributed by atoms with Gasteiger partial charge in [0.05, 0.1) is 6.54 Å². The highest BCUT2D eigenvalue weighted by atomic mass is 79.9. The predicted molar refractivity (Wildman–Crippen MR) is 79.9 cm³/mol. The van der Waals surface area contributed by atoms with E-state index in [1.165, 1.54) is 0 Å². The molecule has 1 aromatic carbocycles. The molecule has 3 rings (SSSR count). The number of nitrogens with zero attached hydrogens (tertiary/aromatic N) is 3. The molecule has 0 unspecified atom stereocenters. The van der Waals surface area contributed by atoms with Crippen molar-refractivity contribution in [1.29, 1.82) is 0 Å². The standard InChI is InChI=1S/C14H17BrN4O/c15-11-5-3-10(4-6-11)14-18-17-13(20-14)9-19-7-1-2-12(16)8-19/h3-6,12H,1-2,7-9,16H2/t12-/m1/s1. The number of aromatic nitrogens is 2. The first-order chi connectivity index (χ1) is 9.70. The van der Waals surface area contributed by atoms with Crippen LogP contribution in [-0.4, -0.2) is 34.2 Å². The Hall–Kier alpha value is -1.24. The number of piperidine rings is 1. The molecule has 1 fully saturated rings. The first-order valence-electron chi connectivity index (χ1n) is 6.77. The quantitative estimate of drug-likeness (QED) is 0.932. The lowest BCUT2D eigenvalue weighted by molar-refractivity contribution is 0.185. The summed E-state index contributed by atoms with van der Waals surface area (Å²) in [6, 6.07) is 8.10. The summed E-state index contributed by atoms with van der Waals surface area (Å²) in [7, 11) is 0. The highest BCUT2D eigenvalue weighted by Gasteiger charge is 2.19. The molecule has 2 heterocycles. The van der Waals surface area contributed by atoms with Gasteiger partial charge in [-0.3, -0.25) is 4.90 Å². The van der Waals surface area contributed by atoms with Crippen LogP contribution < -0.4 is 5.73 Å². The molecule has 0 spiro atoms. The van der Waals surface area contributed by atoms with Crippen molar-refractivity contribution in [1.82, 2.24) is 15.1 Å². The van der Waals surface area contributed by atoms with Crippen molar-refractivity contribution in [3.8, 4) is 11.5 Å². The Morgan fingerprint density at radius 1 is 1.30 bits per heavy atom. The molecule has 0 bridgehead atoms. The van der Waals surface area contributed by atoms with Gasteiger partial charge in [0.1, 0.15) is 0 Å². The molecule has 0 saturated carbocycles. The third kappa shape index (κ3) is 3.26. The molecule has 0 aliphatic carbocycles. The summed E-state index contributed by atoms with van der Waals surface area (Å²) in [6.07, 6.45) is 2.24. The molecular formula is C14H17BrN4O. The van der Waals surface area contributed by atoms with E-state index < -0.39 is 0 Å². The van der Waals surface area contributed by atoms with E-state index in [2.05, 4.69) is 31.0 Å². The molecule has 6 heteroatoms. The Labute approximate surface area is 126 Å². The van der Waals surface area contributed by atoms with Gasteiger partial charge in [-0.25, -0.2) is 0 Å². The molecule has 2 aromatic rings. The molecule has 1 aliphatic rings. The van der Waals surface area contributed by atoms with E-state index in [-0.39, 0.29) is 6.04 Å². The van der Waals surface area contributed by atoms with Gasteiger partial charge in [0.25, 0.3) is 0 Å². The summed E-state index contributed by atoms with van der Waals surface area (Å²) in [5.41, 5.74) is 6.91. The minimum atomic E-state index is 0.262. The molecule has 0 radical (unpaired) electrons. The van der Waals surface area contributed by atoms with Crippen LogP contribution in [0, 0.1) is 0 Å². The smallest absolute Gasteiger partial charge is 0.247 e. The lowest BCUT2D eigenvalue weighted by atomic mass is 10.1. The monoisotopic (exact) mass is 336 g/mol. The van der Waals surface area contributed by atoms with Crippen LogP contribution >= 0.6 is 15.9 Å². The van der Waals surface area contributed by atoms with Crippen LogP contribution in [0.1, 0.15) is 18.7 Å². The molecule has 5 nitrogen and oxygen atoms in total. The van der Waals surface area contributed by atoms with E-state index in [9.17, 15) is 0 Å². The zero-order valence-corrected chi connectivity index (χ0v) is 12.7. The van der Waals surface area contributed by atoms with Crippen LogP contribution in [0.5, 0.6) is 0 Å². The minimum absolute atomic E-state index is 0.262. The fourth-order valence-electron chi connectivity index (χ4n) is 2.45. The van der Waals surface area contributed by atoms with E-state index in [1.54, 1.807) is 0 Å². The number of hydrogen-bond donors (Lipinski definition) is 1. The van der Waals surface area contributed by atoms with Gasteiger partial charge in [0, 0.05) is 22.6 Å². The number of hydrogen-bond acceptors (Lipinski definition) is 5. The largest absolute Gasteiger partial charge is 0.419 e. The van der Waals surface area contributed by atoms with E-state index >= 15 is 0 Å². The number of nitrogens with two attached hydrogens (primary N) is 1. The fourth-order valence-corrected chi connectivity index (χ4v) is 2.72. The second-order valence-electron chi connectivity index (χ2n) is 5.15. The van der Waals surface area contributed by atoms with Crippen LogP contribution in [0.25, 0.3) is 11.5 Å². The zero-order chi connectivity index (χ0) is 13.9. The maximum absolute atomic E-state index is 5.98. The lowest BCUT2D eigenvalue weighted by Gasteiger charge is -2.29. The number of benzene rings is 1. The van der Waals surface area contributed by atoms with Gasteiger partial charge in [0.15, 0.2) is 0 Å². The Morgan fingerprint density at radius 2 is 2.10 bits per heavy atom. The molecule has 106 valence electrons. The summed E-state index contributed by atoms with van der Waals surface area (Å²) in [4.78, 5) is 2.27. The van der Waals surface area contributed by atoms with Crippen molar-refractivity contribution in [3.05, 3.63) is 34.6 Å². The van der Waals surface area contributed by atoms with Crippen LogP contribution in [0.3, 0.4) is 0 Å².